The number of alkyl halides is 2. The maximum atomic E-state index is 10.5. The van der Waals surface area contributed by atoms with E-state index in [1.807, 2.05) is 0 Å². The van der Waals surface area contributed by atoms with Gasteiger partial charge in [0.2, 0.25) is 0 Å². The Labute approximate surface area is 171 Å². The van der Waals surface area contributed by atoms with Crippen molar-refractivity contribution in [3.8, 4) is 0 Å². The molecule has 0 aliphatic heterocycles. The van der Waals surface area contributed by atoms with Gasteiger partial charge < -0.3 is 5.32 Å². The number of rotatable bonds is 20. The van der Waals surface area contributed by atoms with Crippen LogP contribution in [0.2, 0.25) is 0 Å². The molecule has 26 heavy (non-hydrogen) atoms. The van der Waals surface area contributed by atoms with Crippen LogP contribution in [0.4, 0.5) is 0 Å². The zero-order valence-electron chi connectivity index (χ0n) is 16.2. The van der Waals surface area contributed by atoms with E-state index in [0.29, 0.717) is 6.54 Å². The first kappa shape index (κ1) is 26.4. The Hall–Kier alpha value is 0.450. The fourth-order valence-electron chi connectivity index (χ4n) is 3.05. The van der Waals surface area contributed by atoms with Gasteiger partial charge in [0.1, 0.15) is 10.7 Å². The molecule has 0 saturated heterocycles. The summed E-state index contributed by atoms with van der Waals surface area (Å²) in [6.07, 6.45) is 20.0. The molecule has 0 amide bonds. The standard InChI is InChI=1S/C19H39Cl2NO3S/c20-19(21)16-14-12-10-8-6-4-2-1-3-5-7-9-11-13-15-17-22-18-26(23,24)25/h19,22H,1-18H2,(H,23,24,25). The molecule has 0 aromatic rings. The van der Waals surface area contributed by atoms with Crippen molar-refractivity contribution in [2.24, 2.45) is 0 Å². The highest BCUT2D eigenvalue weighted by Gasteiger charge is 2.01. The quantitative estimate of drug-likeness (QED) is 0.131. The summed E-state index contributed by atoms with van der Waals surface area (Å²) in [5.74, 6) is -0.338. The van der Waals surface area contributed by atoms with Gasteiger partial charge in [-0.15, -0.1) is 23.2 Å². The van der Waals surface area contributed by atoms with Gasteiger partial charge in [0.15, 0.2) is 0 Å². The fraction of sp³-hybridized carbons (Fsp3) is 1.00. The zero-order chi connectivity index (χ0) is 19.5. The van der Waals surface area contributed by atoms with Gasteiger partial charge in [0.05, 0.1) is 0 Å². The van der Waals surface area contributed by atoms with E-state index in [4.69, 9.17) is 27.8 Å². The molecule has 0 aliphatic rings. The van der Waals surface area contributed by atoms with Crippen LogP contribution in [0, 0.1) is 0 Å². The lowest BCUT2D eigenvalue weighted by atomic mass is 10.0. The van der Waals surface area contributed by atoms with Crippen LogP contribution in [0.1, 0.15) is 103 Å². The summed E-state index contributed by atoms with van der Waals surface area (Å²) in [5, 5.41) is 2.73. The topological polar surface area (TPSA) is 66.4 Å². The lowest BCUT2D eigenvalue weighted by molar-refractivity contribution is 0.474. The molecule has 0 rings (SSSR count). The van der Waals surface area contributed by atoms with Crippen molar-refractivity contribution in [2.45, 2.75) is 108 Å². The second-order valence-corrected chi connectivity index (χ2v) is 9.94. The van der Waals surface area contributed by atoms with Gasteiger partial charge in [0, 0.05) is 0 Å². The van der Waals surface area contributed by atoms with E-state index >= 15 is 0 Å². The normalized spacial score (nSPS) is 12.2. The molecular weight excluding hydrogens is 393 g/mol. The summed E-state index contributed by atoms with van der Waals surface area (Å²) >= 11 is 11.4. The molecule has 0 aromatic heterocycles. The first-order chi connectivity index (χ1) is 12.4. The molecule has 0 unspecified atom stereocenters. The van der Waals surface area contributed by atoms with Gasteiger partial charge in [-0.2, -0.15) is 8.42 Å². The summed E-state index contributed by atoms with van der Waals surface area (Å²) in [5.41, 5.74) is 0. The largest absolute Gasteiger partial charge is 0.302 e. The molecule has 0 radical (unpaired) electrons. The predicted octanol–water partition coefficient (Wildman–Crippen LogP) is 6.47. The predicted molar refractivity (Wildman–Crippen MR) is 114 cm³/mol. The van der Waals surface area contributed by atoms with E-state index in [2.05, 4.69) is 5.32 Å². The van der Waals surface area contributed by atoms with Crippen LogP contribution in [0.25, 0.3) is 0 Å². The lowest BCUT2D eigenvalue weighted by Gasteiger charge is -2.04. The molecule has 0 heterocycles. The molecule has 0 atom stereocenters. The Bertz CT molecular complexity index is 392. The van der Waals surface area contributed by atoms with Gasteiger partial charge >= 0.3 is 0 Å². The van der Waals surface area contributed by atoms with Crippen molar-refractivity contribution in [3.05, 3.63) is 0 Å². The molecule has 0 spiro atoms. The van der Waals surface area contributed by atoms with E-state index in [0.717, 1.165) is 25.7 Å². The van der Waals surface area contributed by atoms with Crippen LogP contribution in [-0.4, -0.2) is 30.2 Å². The second-order valence-electron chi connectivity index (χ2n) is 7.21. The van der Waals surface area contributed by atoms with Crippen LogP contribution >= 0.6 is 23.2 Å². The SMILES string of the molecule is O=S(=O)(O)CNCCCCCCCCCCCCCCCCCC(Cl)Cl. The highest BCUT2D eigenvalue weighted by molar-refractivity contribution is 7.85. The van der Waals surface area contributed by atoms with Gasteiger partial charge in [-0.3, -0.25) is 4.55 Å². The lowest BCUT2D eigenvalue weighted by Crippen LogP contribution is -2.23. The molecule has 0 saturated carbocycles. The Morgan fingerprint density at radius 2 is 1.00 bits per heavy atom. The summed E-state index contributed by atoms with van der Waals surface area (Å²) in [6.45, 7) is 0.653. The summed E-state index contributed by atoms with van der Waals surface area (Å²) in [4.78, 5) is -0.190. The number of unbranched alkanes of at least 4 members (excludes halogenated alkanes) is 14. The minimum atomic E-state index is -3.87. The molecule has 2 N–H and O–H groups in total. The van der Waals surface area contributed by atoms with Gasteiger partial charge in [-0.1, -0.05) is 89.9 Å². The van der Waals surface area contributed by atoms with Gasteiger partial charge in [-0.25, -0.2) is 0 Å². The van der Waals surface area contributed by atoms with Gasteiger partial charge in [0.25, 0.3) is 10.1 Å². The number of hydrogen-bond donors (Lipinski definition) is 2. The molecule has 0 aromatic carbocycles. The van der Waals surface area contributed by atoms with E-state index in [1.165, 1.54) is 77.0 Å². The maximum Gasteiger partial charge on any atom is 0.278 e. The molecular formula is C19H39Cl2NO3S. The number of halogens is 2. The molecule has 0 aliphatic carbocycles. The molecule has 7 heteroatoms. The zero-order valence-corrected chi connectivity index (χ0v) is 18.6. The highest BCUT2D eigenvalue weighted by Crippen LogP contribution is 2.16. The van der Waals surface area contributed by atoms with Crippen molar-refractivity contribution in [1.29, 1.82) is 0 Å². The van der Waals surface area contributed by atoms with Gasteiger partial charge in [-0.05, 0) is 19.4 Å². The van der Waals surface area contributed by atoms with Crippen molar-refractivity contribution in [1.82, 2.24) is 5.32 Å². The average molecular weight is 432 g/mol. The van der Waals surface area contributed by atoms with E-state index in [9.17, 15) is 8.42 Å². The second kappa shape index (κ2) is 18.8. The summed E-state index contributed by atoms with van der Waals surface area (Å²) in [7, 11) is -3.87. The van der Waals surface area contributed by atoms with E-state index < -0.39 is 10.1 Å². The van der Waals surface area contributed by atoms with E-state index in [1.54, 1.807) is 0 Å². The molecule has 0 bridgehead atoms. The third-order valence-corrected chi connectivity index (χ3v) is 5.57. The van der Waals surface area contributed by atoms with Crippen LogP contribution in [0.3, 0.4) is 0 Å². The average Bonchev–Trinajstić information content (AvgIpc) is 2.55. The molecule has 0 fully saturated rings. The summed E-state index contributed by atoms with van der Waals surface area (Å²) in [6, 6.07) is 0. The maximum absolute atomic E-state index is 10.5. The fourth-order valence-corrected chi connectivity index (χ4v) is 3.76. The third-order valence-electron chi connectivity index (χ3n) is 4.56. The molecule has 158 valence electrons. The number of nitrogens with one attached hydrogen (secondary N) is 1. The van der Waals surface area contributed by atoms with Crippen LogP contribution in [-0.2, 0) is 10.1 Å². The highest BCUT2D eigenvalue weighted by atomic mass is 35.5. The van der Waals surface area contributed by atoms with Crippen LogP contribution in [0.15, 0.2) is 0 Å². The van der Waals surface area contributed by atoms with Crippen LogP contribution < -0.4 is 5.32 Å². The number of hydrogen-bond acceptors (Lipinski definition) is 3. The van der Waals surface area contributed by atoms with Crippen molar-refractivity contribution >= 4 is 33.3 Å². The Kier molecular flexibility index (Phi) is 19.1. The monoisotopic (exact) mass is 431 g/mol. The Balaban J connectivity index is 3.05. The first-order valence-electron chi connectivity index (χ1n) is 10.4. The smallest absolute Gasteiger partial charge is 0.278 e. The minimum Gasteiger partial charge on any atom is -0.302 e. The van der Waals surface area contributed by atoms with Crippen LogP contribution in [0.5, 0.6) is 0 Å². The first-order valence-corrected chi connectivity index (χ1v) is 12.8. The van der Waals surface area contributed by atoms with Crippen molar-refractivity contribution in [2.75, 3.05) is 12.4 Å². The van der Waals surface area contributed by atoms with Crippen molar-refractivity contribution < 1.29 is 13.0 Å². The minimum absolute atomic E-state index is 0.190. The van der Waals surface area contributed by atoms with Crippen molar-refractivity contribution in [3.63, 3.8) is 0 Å². The third kappa shape index (κ3) is 24.5. The summed E-state index contributed by atoms with van der Waals surface area (Å²) < 4.78 is 29.6. The Morgan fingerprint density at radius 3 is 1.35 bits per heavy atom. The molecule has 4 nitrogen and oxygen atoms in total. The van der Waals surface area contributed by atoms with E-state index in [-0.39, 0.29) is 10.7 Å². The Morgan fingerprint density at radius 1 is 0.654 bits per heavy atom.